The van der Waals surface area contributed by atoms with Crippen LogP contribution in [-0.2, 0) is 4.74 Å². The monoisotopic (exact) mass is 228 g/mol. The second-order valence-electron chi connectivity index (χ2n) is 3.25. The molecule has 0 bridgehead atoms. The molecule has 0 aromatic rings. The first-order chi connectivity index (χ1) is 6.92. The minimum absolute atomic E-state index is 0.120. The summed E-state index contributed by atoms with van der Waals surface area (Å²) in [4.78, 5) is 9.90. The number of ether oxygens (including phenoxy) is 1. The van der Waals surface area contributed by atoms with Gasteiger partial charge in [-0.2, -0.15) is 13.2 Å². The van der Waals surface area contributed by atoms with Crippen LogP contribution < -0.4 is 0 Å². The number of unbranched alkanes of at least 4 members (excludes halogenated alkanes) is 4. The van der Waals surface area contributed by atoms with Crippen molar-refractivity contribution in [3.05, 3.63) is 0 Å². The second kappa shape index (κ2) is 7.36. The summed E-state index contributed by atoms with van der Waals surface area (Å²) in [6.45, 7) is 0.120. The highest BCUT2D eigenvalue weighted by Crippen LogP contribution is 2.22. The fourth-order valence-corrected chi connectivity index (χ4v) is 1.12. The van der Waals surface area contributed by atoms with Gasteiger partial charge in [-0.25, -0.2) is 4.79 Å². The summed E-state index contributed by atoms with van der Waals surface area (Å²) >= 11 is 0. The number of carboxylic acid groups (broad SMARTS) is 1. The zero-order valence-electron chi connectivity index (χ0n) is 8.35. The quantitative estimate of drug-likeness (QED) is 0.535. The van der Waals surface area contributed by atoms with Gasteiger partial charge in [-0.3, -0.25) is 0 Å². The molecule has 0 aliphatic rings. The Morgan fingerprint density at radius 1 is 1.07 bits per heavy atom. The predicted octanol–water partition coefficient (Wildman–Crippen LogP) is 3.58. The summed E-state index contributed by atoms with van der Waals surface area (Å²) in [5.41, 5.74) is 0. The Kier molecular flexibility index (Phi) is 6.90. The third-order valence-corrected chi connectivity index (χ3v) is 1.83. The maximum atomic E-state index is 11.7. The van der Waals surface area contributed by atoms with E-state index in [0.717, 1.165) is 0 Å². The molecule has 0 aliphatic heterocycles. The molecule has 0 aliphatic carbocycles. The molecule has 0 fully saturated rings. The van der Waals surface area contributed by atoms with Crippen LogP contribution >= 0.6 is 0 Å². The van der Waals surface area contributed by atoms with Crippen LogP contribution in [0, 0.1) is 0 Å². The normalized spacial score (nSPS) is 11.4. The van der Waals surface area contributed by atoms with Crippen LogP contribution in [0.1, 0.15) is 38.5 Å². The summed E-state index contributed by atoms with van der Waals surface area (Å²) in [6, 6.07) is 0. The Bertz CT molecular complexity index is 180. The molecule has 90 valence electrons. The fourth-order valence-electron chi connectivity index (χ4n) is 1.12. The standard InChI is InChI=1S/C9H15F3O3/c10-9(11,12)6-4-2-1-3-5-7-15-8(13)14/h1-7H2,(H,13,14). The van der Waals surface area contributed by atoms with E-state index in [2.05, 4.69) is 4.74 Å². The lowest BCUT2D eigenvalue weighted by molar-refractivity contribution is -0.135. The van der Waals surface area contributed by atoms with Crippen LogP contribution in [0.5, 0.6) is 0 Å². The molecule has 0 amide bonds. The average molecular weight is 228 g/mol. The van der Waals surface area contributed by atoms with Gasteiger partial charge >= 0.3 is 12.3 Å². The van der Waals surface area contributed by atoms with Crippen molar-refractivity contribution in [2.45, 2.75) is 44.7 Å². The Morgan fingerprint density at radius 3 is 2.13 bits per heavy atom. The molecule has 6 heteroatoms. The lowest BCUT2D eigenvalue weighted by atomic mass is 10.1. The van der Waals surface area contributed by atoms with E-state index >= 15 is 0 Å². The molecule has 0 spiro atoms. The Labute approximate surface area is 86.2 Å². The van der Waals surface area contributed by atoms with Gasteiger partial charge in [0, 0.05) is 6.42 Å². The first-order valence-corrected chi connectivity index (χ1v) is 4.84. The van der Waals surface area contributed by atoms with Crippen molar-refractivity contribution in [2.24, 2.45) is 0 Å². The predicted molar refractivity (Wildman–Crippen MR) is 47.7 cm³/mol. The van der Waals surface area contributed by atoms with E-state index in [-0.39, 0.29) is 13.0 Å². The molecule has 0 rings (SSSR count). The first kappa shape index (κ1) is 14.1. The van der Waals surface area contributed by atoms with Gasteiger partial charge in [-0.15, -0.1) is 0 Å². The van der Waals surface area contributed by atoms with Gasteiger partial charge < -0.3 is 9.84 Å². The molecule has 0 saturated carbocycles. The molecule has 1 N–H and O–H groups in total. The van der Waals surface area contributed by atoms with Crippen molar-refractivity contribution in [1.82, 2.24) is 0 Å². The summed E-state index contributed by atoms with van der Waals surface area (Å²) in [6.07, 6.45) is -3.50. The van der Waals surface area contributed by atoms with E-state index in [9.17, 15) is 18.0 Å². The SMILES string of the molecule is O=C(O)OCCCCCCCC(F)(F)F. The van der Waals surface area contributed by atoms with E-state index < -0.39 is 18.8 Å². The molecule has 0 heterocycles. The van der Waals surface area contributed by atoms with Gasteiger partial charge in [0.2, 0.25) is 0 Å². The Morgan fingerprint density at radius 2 is 1.60 bits per heavy atom. The number of alkyl halides is 3. The van der Waals surface area contributed by atoms with Crippen LogP contribution in [0.15, 0.2) is 0 Å². The highest BCUT2D eigenvalue weighted by molar-refractivity contribution is 5.56. The van der Waals surface area contributed by atoms with E-state index in [0.29, 0.717) is 25.7 Å². The van der Waals surface area contributed by atoms with E-state index in [1.54, 1.807) is 0 Å². The van der Waals surface area contributed by atoms with Crippen LogP contribution in [0.4, 0.5) is 18.0 Å². The third kappa shape index (κ3) is 13.1. The van der Waals surface area contributed by atoms with E-state index in [1.807, 2.05) is 0 Å². The van der Waals surface area contributed by atoms with Crippen molar-refractivity contribution in [3.63, 3.8) is 0 Å². The molecular formula is C9H15F3O3. The molecule has 0 aromatic heterocycles. The molecule has 0 atom stereocenters. The molecule has 0 aromatic carbocycles. The minimum Gasteiger partial charge on any atom is -0.450 e. The van der Waals surface area contributed by atoms with Gasteiger partial charge in [0.1, 0.15) is 0 Å². The number of carbonyl (C=O) groups is 1. The van der Waals surface area contributed by atoms with Gasteiger partial charge in [0.15, 0.2) is 0 Å². The van der Waals surface area contributed by atoms with Crippen LogP contribution in [0.2, 0.25) is 0 Å². The average Bonchev–Trinajstić information content (AvgIpc) is 2.07. The second-order valence-corrected chi connectivity index (χ2v) is 3.25. The Balaban J connectivity index is 3.09. The van der Waals surface area contributed by atoms with Gasteiger partial charge in [-0.05, 0) is 12.8 Å². The van der Waals surface area contributed by atoms with Gasteiger partial charge in [0.05, 0.1) is 6.61 Å². The van der Waals surface area contributed by atoms with Crippen molar-refractivity contribution in [2.75, 3.05) is 6.61 Å². The molecule has 0 unspecified atom stereocenters. The smallest absolute Gasteiger partial charge is 0.450 e. The molecular weight excluding hydrogens is 213 g/mol. The maximum Gasteiger partial charge on any atom is 0.505 e. The summed E-state index contributed by atoms with van der Waals surface area (Å²) in [5, 5.41) is 8.10. The molecule has 3 nitrogen and oxygen atoms in total. The first-order valence-electron chi connectivity index (χ1n) is 4.84. The van der Waals surface area contributed by atoms with E-state index in [4.69, 9.17) is 5.11 Å². The maximum absolute atomic E-state index is 11.7. The summed E-state index contributed by atoms with van der Waals surface area (Å²) in [5.74, 6) is 0. The molecule has 0 radical (unpaired) electrons. The number of hydrogen-bond acceptors (Lipinski definition) is 2. The topological polar surface area (TPSA) is 46.5 Å². The number of hydrogen-bond donors (Lipinski definition) is 1. The van der Waals surface area contributed by atoms with Gasteiger partial charge in [0.25, 0.3) is 0 Å². The Hall–Kier alpha value is -0.940. The van der Waals surface area contributed by atoms with Crippen molar-refractivity contribution >= 4 is 6.16 Å². The van der Waals surface area contributed by atoms with Crippen molar-refractivity contribution in [1.29, 1.82) is 0 Å². The molecule has 15 heavy (non-hydrogen) atoms. The van der Waals surface area contributed by atoms with Crippen LogP contribution in [0.3, 0.4) is 0 Å². The highest BCUT2D eigenvalue weighted by Gasteiger charge is 2.25. The van der Waals surface area contributed by atoms with Crippen molar-refractivity contribution in [3.8, 4) is 0 Å². The zero-order chi connectivity index (χ0) is 11.7. The van der Waals surface area contributed by atoms with Crippen molar-refractivity contribution < 1.29 is 27.8 Å². The summed E-state index contributed by atoms with van der Waals surface area (Å²) in [7, 11) is 0. The number of halogens is 3. The third-order valence-electron chi connectivity index (χ3n) is 1.83. The zero-order valence-corrected chi connectivity index (χ0v) is 8.35. The minimum atomic E-state index is -4.06. The lowest BCUT2D eigenvalue weighted by Crippen LogP contribution is -2.06. The largest absolute Gasteiger partial charge is 0.505 e. The highest BCUT2D eigenvalue weighted by atomic mass is 19.4. The molecule has 0 saturated heterocycles. The van der Waals surface area contributed by atoms with Gasteiger partial charge in [-0.1, -0.05) is 19.3 Å². The summed E-state index contributed by atoms with van der Waals surface area (Å²) < 4.78 is 39.3. The fraction of sp³-hybridized carbons (Fsp3) is 0.889. The van der Waals surface area contributed by atoms with Crippen LogP contribution in [-0.4, -0.2) is 24.0 Å². The van der Waals surface area contributed by atoms with Crippen LogP contribution in [0.25, 0.3) is 0 Å². The van der Waals surface area contributed by atoms with E-state index in [1.165, 1.54) is 0 Å². The number of rotatable bonds is 7. The lowest BCUT2D eigenvalue weighted by Gasteiger charge is -2.05.